The van der Waals surface area contributed by atoms with Gasteiger partial charge in [-0.25, -0.2) is 0 Å². The molecule has 0 spiro atoms. The molecular formula is C22H23BrN2O4. The highest BCUT2D eigenvalue weighted by Crippen LogP contribution is 2.29. The first kappa shape index (κ1) is 21.0. The number of esters is 1. The quantitative estimate of drug-likeness (QED) is 0.666. The zero-order chi connectivity index (χ0) is 21.0. The number of ether oxygens (including phenoxy) is 1. The van der Waals surface area contributed by atoms with Crippen LogP contribution in [-0.4, -0.2) is 35.8 Å². The summed E-state index contributed by atoms with van der Waals surface area (Å²) >= 11 is 3.40. The molecule has 0 unspecified atom stereocenters. The van der Waals surface area contributed by atoms with Crippen molar-refractivity contribution in [3.05, 3.63) is 64.1 Å². The summed E-state index contributed by atoms with van der Waals surface area (Å²) in [7, 11) is 0. The van der Waals surface area contributed by atoms with E-state index in [0.717, 1.165) is 15.6 Å². The standard InChI is InChI=1S/C22H23BrN2O4/c1-14-10-18(8-9-19(14)23)24-20(26)13-29-22(28)17-11-21(27)25(12-17)15(2)16-6-4-3-5-7-16/h3-10,15,17H,11-13H2,1-2H3,(H,24,26)/t15-,17+/m0/s1. The summed E-state index contributed by atoms with van der Waals surface area (Å²) in [6.45, 7) is 3.77. The smallest absolute Gasteiger partial charge is 0.311 e. The summed E-state index contributed by atoms with van der Waals surface area (Å²) in [6.07, 6.45) is 0.101. The number of anilines is 1. The molecule has 2 aromatic carbocycles. The summed E-state index contributed by atoms with van der Waals surface area (Å²) in [4.78, 5) is 38.5. The monoisotopic (exact) mass is 458 g/mol. The van der Waals surface area contributed by atoms with Gasteiger partial charge in [-0.1, -0.05) is 46.3 Å². The van der Waals surface area contributed by atoms with Gasteiger partial charge >= 0.3 is 5.97 Å². The third-order valence-electron chi connectivity index (χ3n) is 5.03. The van der Waals surface area contributed by atoms with E-state index in [1.54, 1.807) is 11.0 Å². The number of benzene rings is 2. The average Bonchev–Trinajstić information content (AvgIpc) is 3.11. The highest BCUT2D eigenvalue weighted by molar-refractivity contribution is 9.10. The fraction of sp³-hybridized carbons (Fsp3) is 0.318. The molecule has 1 heterocycles. The van der Waals surface area contributed by atoms with Crippen LogP contribution in [0.4, 0.5) is 5.69 Å². The fourth-order valence-corrected chi connectivity index (χ4v) is 3.60. The van der Waals surface area contributed by atoms with Crippen LogP contribution in [0.25, 0.3) is 0 Å². The van der Waals surface area contributed by atoms with Gasteiger partial charge in [-0.2, -0.15) is 0 Å². The second-order valence-electron chi connectivity index (χ2n) is 7.15. The Balaban J connectivity index is 1.51. The van der Waals surface area contributed by atoms with Crippen molar-refractivity contribution in [1.29, 1.82) is 0 Å². The van der Waals surface area contributed by atoms with Gasteiger partial charge in [-0.15, -0.1) is 0 Å². The van der Waals surface area contributed by atoms with Crippen molar-refractivity contribution in [1.82, 2.24) is 4.90 Å². The minimum absolute atomic E-state index is 0.0851. The number of rotatable bonds is 6. The molecule has 0 aromatic heterocycles. The molecule has 0 bridgehead atoms. The number of hydrogen-bond acceptors (Lipinski definition) is 4. The number of aryl methyl sites for hydroxylation is 1. The van der Waals surface area contributed by atoms with Crippen LogP contribution in [0.3, 0.4) is 0 Å². The number of nitrogens with one attached hydrogen (secondary N) is 1. The van der Waals surface area contributed by atoms with Gasteiger partial charge in [0.15, 0.2) is 6.61 Å². The Morgan fingerprint density at radius 2 is 1.97 bits per heavy atom. The molecule has 1 fully saturated rings. The van der Waals surface area contributed by atoms with Crippen molar-refractivity contribution in [2.75, 3.05) is 18.5 Å². The van der Waals surface area contributed by atoms with Crippen molar-refractivity contribution < 1.29 is 19.1 Å². The number of nitrogens with zero attached hydrogens (tertiary/aromatic N) is 1. The van der Waals surface area contributed by atoms with Gasteiger partial charge < -0.3 is 15.0 Å². The van der Waals surface area contributed by atoms with E-state index in [9.17, 15) is 14.4 Å². The first-order chi connectivity index (χ1) is 13.8. The Morgan fingerprint density at radius 1 is 1.24 bits per heavy atom. The molecule has 152 valence electrons. The third kappa shape index (κ3) is 5.23. The maximum absolute atomic E-state index is 12.4. The second kappa shape index (κ2) is 9.22. The first-order valence-corrected chi connectivity index (χ1v) is 10.2. The van der Waals surface area contributed by atoms with Crippen molar-refractivity contribution in [2.45, 2.75) is 26.3 Å². The lowest BCUT2D eigenvalue weighted by Gasteiger charge is -2.25. The van der Waals surface area contributed by atoms with Crippen LogP contribution < -0.4 is 5.32 Å². The summed E-state index contributed by atoms with van der Waals surface area (Å²) in [5.41, 5.74) is 2.63. The first-order valence-electron chi connectivity index (χ1n) is 9.42. The second-order valence-corrected chi connectivity index (χ2v) is 8.01. The van der Waals surface area contributed by atoms with E-state index in [4.69, 9.17) is 4.74 Å². The van der Waals surface area contributed by atoms with Crippen molar-refractivity contribution in [2.24, 2.45) is 5.92 Å². The molecule has 1 aliphatic rings. The Bertz CT molecular complexity index is 916. The van der Waals surface area contributed by atoms with Gasteiger partial charge in [-0.05, 0) is 43.2 Å². The molecule has 1 N–H and O–H groups in total. The number of halogens is 1. The highest BCUT2D eigenvalue weighted by atomic mass is 79.9. The summed E-state index contributed by atoms with van der Waals surface area (Å²) in [6, 6.07) is 15.0. The Labute approximate surface area is 178 Å². The van der Waals surface area contributed by atoms with E-state index in [1.807, 2.05) is 56.3 Å². The van der Waals surface area contributed by atoms with E-state index >= 15 is 0 Å². The van der Waals surface area contributed by atoms with Crippen LogP contribution in [0.1, 0.15) is 30.5 Å². The average molecular weight is 459 g/mol. The zero-order valence-electron chi connectivity index (χ0n) is 16.4. The number of hydrogen-bond donors (Lipinski definition) is 1. The van der Waals surface area contributed by atoms with Gasteiger partial charge in [0.2, 0.25) is 5.91 Å². The van der Waals surface area contributed by atoms with Gasteiger partial charge in [0.05, 0.1) is 12.0 Å². The lowest BCUT2D eigenvalue weighted by Crippen LogP contribution is -2.30. The van der Waals surface area contributed by atoms with E-state index in [2.05, 4.69) is 21.2 Å². The number of carbonyl (C=O) groups is 3. The molecular weight excluding hydrogens is 436 g/mol. The Morgan fingerprint density at radius 3 is 2.66 bits per heavy atom. The molecule has 0 saturated carbocycles. The van der Waals surface area contributed by atoms with Crippen molar-refractivity contribution >= 4 is 39.4 Å². The largest absolute Gasteiger partial charge is 0.455 e. The Kier molecular flexibility index (Phi) is 6.69. The van der Waals surface area contributed by atoms with Crippen molar-refractivity contribution in [3.8, 4) is 0 Å². The molecule has 7 heteroatoms. The molecule has 0 radical (unpaired) electrons. The van der Waals surface area contributed by atoms with Gasteiger partial charge in [0.1, 0.15) is 0 Å². The topological polar surface area (TPSA) is 75.7 Å². The number of carbonyl (C=O) groups excluding carboxylic acids is 3. The molecule has 1 saturated heterocycles. The van der Waals surface area contributed by atoms with Crippen LogP contribution in [0.5, 0.6) is 0 Å². The minimum atomic E-state index is -0.559. The predicted molar refractivity (Wildman–Crippen MR) is 113 cm³/mol. The lowest BCUT2D eigenvalue weighted by molar-refractivity contribution is -0.151. The molecule has 0 aliphatic carbocycles. The molecule has 1 aliphatic heterocycles. The molecule has 2 aromatic rings. The molecule has 29 heavy (non-hydrogen) atoms. The SMILES string of the molecule is Cc1cc(NC(=O)COC(=O)[C@@H]2CC(=O)N([C@@H](C)c3ccccc3)C2)ccc1Br. The highest BCUT2D eigenvalue weighted by Gasteiger charge is 2.38. The minimum Gasteiger partial charge on any atom is -0.455 e. The third-order valence-corrected chi connectivity index (χ3v) is 5.92. The van der Waals surface area contributed by atoms with Crippen LogP contribution in [0.2, 0.25) is 0 Å². The van der Waals surface area contributed by atoms with E-state index in [0.29, 0.717) is 12.2 Å². The van der Waals surface area contributed by atoms with Crippen molar-refractivity contribution in [3.63, 3.8) is 0 Å². The number of likely N-dealkylation sites (tertiary alicyclic amines) is 1. The maximum atomic E-state index is 12.4. The van der Waals surface area contributed by atoms with Gasteiger partial charge in [0, 0.05) is 23.1 Å². The normalized spacial score (nSPS) is 17.1. The van der Waals surface area contributed by atoms with Crippen LogP contribution >= 0.6 is 15.9 Å². The fourth-order valence-electron chi connectivity index (χ4n) is 3.35. The summed E-state index contributed by atoms with van der Waals surface area (Å²) in [5, 5.41) is 2.70. The van der Waals surface area contributed by atoms with Crippen LogP contribution in [0, 0.1) is 12.8 Å². The predicted octanol–water partition coefficient (Wildman–Crippen LogP) is 3.85. The van der Waals surface area contributed by atoms with Gasteiger partial charge in [0.25, 0.3) is 5.91 Å². The van der Waals surface area contributed by atoms with Crippen LogP contribution in [-0.2, 0) is 19.1 Å². The Hall–Kier alpha value is -2.67. The summed E-state index contributed by atoms with van der Waals surface area (Å²) in [5.74, 6) is -1.59. The molecule has 6 nitrogen and oxygen atoms in total. The summed E-state index contributed by atoms with van der Waals surface area (Å²) < 4.78 is 6.10. The molecule has 3 rings (SSSR count). The van der Waals surface area contributed by atoms with E-state index in [1.165, 1.54) is 0 Å². The number of amides is 2. The molecule has 2 amide bonds. The van der Waals surface area contributed by atoms with Crippen LogP contribution in [0.15, 0.2) is 53.0 Å². The van der Waals surface area contributed by atoms with E-state index < -0.39 is 17.8 Å². The lowest BCUT2D eigenvalue weighted by atomic mass is 10.1. The van der Waals surface area contributed by atoms with Gasteiger partial charge in [-0.3, -0.25) is 14.4 Å². The zero-order valence-corrected chi connectivity index (χ0v) is 17.9. The van der Waals surface area contributed by atoms with E-state index in [-0.39, 0.29) is 25.0 Å². The maximum Gasteiger partial charge on any atom is 0.311 e. The molecule has 2 atom stereocenters.